The Bertz CT molecular complexity index is 357. The summed E-state index contributed by atoms with van der Waals surface area (Å²) in [6, 6.07) is 0. The van der Waals surface area contributed by atoms with Gasteiger partial charge in [-0.25, -0.2) is 14.5 Å². The molecule has 0 fully saturated rings. The third-order valence-corrected chi connectivity index (χ3v) is 1.47. The lowest BCUT2D eigenvalue weighted by Crippen LogP contribution is -1.79. The summed E-state index contributed by atoms with van der Waals surface area (Å²) in [5.41, 5.74) is 1.88. The van der Waals surface area contributed by atoms with Gasteiger partial charge in [-0.1, -0.05) is 0 Å². The highest BCUT2D eigenvalue weighted by molar-refractivity contribution is 5.41. The largest absolute Gasteiger partial charge is 0.278 e. The predicted molar refractivity (Wildman–Crippen MR) is 36.8 cm³/mol. The fourth-order valence-corrected chi connectivity index (χ4v) is 1.01. The number of fused-ring (bicyclic) bond motifs is 1. The molecule has 0 unspecified atom stereocenters. The summed E-state index contributed by atoms with van der Waals surface area (Å²) in [6.07, 6.45) is 1.73. The van der Waals surface area contributed by atoms with E-state index in [9.17, 15) is 0 Å². The molecule has 0 saturated heterocycles. The van der Waals surface area contributed by atoms with Gasteiger partial charge in [-0.15, -0.1) is 0 Å². The van der Waals surface area contributed by atoms with E-state index in [-0.39, 0.29) is 0 Å². The number of H-pyrrole nitrogens is 1. The van der Waals surface area contributed by atoms with Gasteiger partial charge in [0.2, 0.25) is 0 Å². The molecule has 2 aromatic heterocycles. The van der Waals surface area contributed by atoms with Crippen molar-refractivity contribution in [2.45, 2.75) is 13.8 Å². The van der Waals surface area contributed by atoms with Gasteiger partial charge in [0.1, 0.15) is 12.2 Å². The Morgan fingerprint density at radius 2 is 2.30 bits per heavy atom. The van der Waals surface area contributed by atoms with Crippen molar-refractivity contribution in [3.63, 3.8) is 0 Å². The van der Waals surface area contributed by atoms with Crippen LogP contribution in [0.2, 0.25) is 0 Å². The van der Waals surface area contributed by atoms with Crippen LogP contribution in [-0.2, 0) is 0 Å². The summed E-state index contributed by atoms with van der Waals surface area (Å²) in [5, 5.41) is 3.02. The zero-order valence-corrected chi connectivity index (χ0v) is 5.92. The molecule has 4 nitrogen and oxygen atoms in total. The molecular formula is C6H8N4. The lowest BCUT2D eigenvalue weighted by atomic mass is 10.5. The van der Waals surface area contributed by atoms with Gasteiger partial charge in [-0.3, -0.25) is 5.10 Å². The average Bonchev–Trinajstić information content (AvgIpc) is 2.35. The molecule has 2 heterocycles. The zero-order chi connectivity index (χ0) is 7.14. The van der Waals surface area contributed by atoms with Crippen LogP contribution in [0.3, 0.4) is 0 Å². The highest BCUT2D eigenvalue weighted by Crippen LogP contribution is 2.03. The van der Waals surface area contributed by atoms with E-state index in [4.69, 9.17) is 0 Å². The second-order valence-electron chi connectivity index (χ2n) is 2.33. The number of aromatic nitrogens is 4. The molecule has 52 valence electrons. The quantitative estimate of drug-likeness (QED) is 0.578. The van der Waals surface area contributed by atoms with Gasteiger partial charge in [0, 0.05) is 0 Å². The van der Waals surface area contributed by atoms with E-state index < -0.39 is 0 Å². The monoisotopic (exact) mass is 136 g/mol. The Hall–Kier alpha value is -1.32. The molecule has 2 aromatic rings. The Kier molecular flexibility index (Phi) is 0.869. The number of hydrogen-bond donors (Lipinski definition) is 1. The van der Waals surface area contributed by atoms with Crippen molar-refractivity contribution in [1.29, 1.82) is 0 Å². The van der Waals surface area contributed by atoms with E-state index in [1.54, 1.807) is 6.33 Å². The van der Waals surface area contributed by atoms with Crippen LogP contribution in [0, 0.1) is 13.8 Å². The molecule has 0 atom stereocenters. The van der Waals surface area contributed by atoms with Crippen LogP contribution >= 0.6 is 0 Å². The molecule has 4 heteroatoms. The van der Waals surface area contributed by atoms with Crippen molar-refractivity contribution in [3.05, 3.63) is 17.8 Å². The topological polar surface area (TPSA) is 46.0 Å². The molecule has 0 bridgehead atoms. The fourth-order valence-electron chi connectivity index (χ4n) is 1.01. The van der Waals surface area contributed by atoms with Crippen molar-refractivity contribution in [3.8, 4) is 0 Å². The zero-order valence-electron chi connectivity index (χ0n) is 5.92. The number of rotatable bonds is 0. The van der Waals surface area contributed by atoms with Gasteiger partial charge in [0.25, 0.3) is 0 Å². The first-order valence-corrected chi connectivity index (χ1v) is 3.13. The molecule has 1 N–H and O–H groups in total. The molecule has 10 heavy (non-hydrogen) atoms. The highest BCUT2D eigenvalue weighted by atomic mass is 15.3. The maximum atomic E-state index is 4.22. The summed E-state index contributed by atoms with van der Waals surface area (Å²) < 4.78 is 1.81. The fraction of sp³-hybridized carbons (Fsp3) is 0.333. The molecule has 0 spiro atoms. The smallest absolute Gasteiger partial charge is 0.176 e. The van der Waals surface area contributed by atoms with Crippen molar-refractivity contribution in [1.82, 2.24) is 19.6 Å². The minimum atomic E-state index is 0.914. The Morgan fingerprint density at radius 3 is 3.00 bits per heavy atom. The number of hydrogen-bond acceptors (Lipinski definition) is 2. The first kappa shape index (κ1) is 5.46. The van der Waals surface area contributed by atoms with Crippen molar-refractivity contribution in [2.24, 2.45) is 0 Å². The molecule has 0 radical (unpaired) electrons. The standard InChI is InChI=1S/C6H8N4/c1-4-6-8-5(2)9-10(6)3-7-4/h3H,1-2H3,(H,8,9). The Balaban J connectivity index is 2.90. The van der Waals surface area contributed by atoms with E-state index in [0.717, 1.165) is 17.2 Å². The first-order valence-electron chi connectivity index (χ1n) is 3.13. The maximum absolute atomic E-state index is 4.22. The molecule has 0 saturated carbocycles. The molecule has 0 aliphatic rings. The van der Waals surface area contributed by atoms with E-state index >= 15 is 0 Å². The second kappa shape index (κ2) is 1.59. The summed E-state index contributed by atoms with van der Waals surface area (Å²) in [4.78, 5) is 8.28. The Morgan fingerprint density at radius 1 is 1.50 bits per heavy atom. The summed E-state index contributed by atoms with van der Waals surface area (Å²) >= 11 is 0. The number of aromatic amines is 1. The van der Waals surface area contributed by atoms with Gasteiger partial charge >= 0.3 is 0 Å². The molecule has 0 aliphatic heterocycles. The van der Waals surface area contributed by atoms with Gasteiger partial charge < -0.3 is 0 Å². The third kappa shape index (κ3) is 0.556. The van der Waals surface area contributed by atoms with Crippen LogP contribution in [0.4, 0.5) is 0 Å². The Labute approximate surface area is 57.9 Å². The van der Waals surface area contributed by atoms with Gasteiger partial charge in [0.15, 0.2) is 5.65 Å². The predicted octanol–water partition coefficient (Wildman–Crippen LogP) is 0.674. The van der Waals surface area contributed by atoms with E-state index in [1.807, 2.05) is 18.4 Å². The van der Waals surface area contributed by atoms with Crippen LogP contribution < -0.4 is 0 Å². The molecule has 0 aliphatic carbocycles. The number of nitrogens with one attached hydrogen (secondary N) is 1. The van der Waals surface area contributed by atoms with Crippen LogP contribution in [0.25, 0.3) is 5.65 Å². The third-order valence-electron chi connectivity index (χ3n) is 1.47. The minimum absolute atomic E-state index is 0.914. The maximum Gasteiger partial charge on any atom is 0.176 e. The van der Waals surface area contributed by atoms with E-state index in [1.165, 1.54) is 0 Å². The molecule has 0 amide bonds. The van der Waals surface area contributed by atoms with E-state index in [0.29, 0.717) is 0 Å². The SMILES string of the molecule is Cc1nc2c(C)ncn2[nH]1. The van der Waals surface area contributed by atoms with Crippen LogP contribution in [-0.4, -0.2) is 19.6 Å². The van der Waals surface area contributed by atoms with Crippen LogP contribution in [0.15, 0.2) is 6.33 Å². The normalized spacial score (nSPS) is 11.0. The van der Waals surface area contributed by atoms with Crippen LogP contribution in [0.1, 0.15) is 11.5 Å². The lowest BCUT2D eigenvalue weighted by Gasteiger charge is -1.75. The molecule has 0 aromatic carbocycles. The lowest BCUT2D eigenvalue weighted by molar-refractivity contribution is 0.924. The number of aryl methyl sites for hydroxylation is 2. The molecular weight excluding hydrogens is 128 g/mol. The minimum Gasteiger partial charge on any atom is -0.278 e. The van der Waals surface area contributed by atoms with Gasteiger partial charge in [-0.05, 0) is 13.8 Å². The summed E-state index contributed by atoms with van der Waals surface area (Å²) in [6.45, 7) is 3.86. The highest BCUT2D eigenvalue weighted by Gasteiger charge is 2.01. The van der Waals surface area contributed by atoms with Gasteiger partial charge in [0.05, 0.1) is 5.69 Å². The number of nitrogens with zero attached hydrogens (tertiary/aromatic N) is 3. The van der Waals surface area contributed by atoms with Gasteiger partial charge in [-0.2, -0.15) is 0 Å². The average molecular weight is 136 g/mol. The van der Waals surface area contributed by atoms with Crippen molar-refractivity contribution in [2.75, 3.05) is 0 Å². The number of imidazole rings is 1. The molecule has 2 rings (SSSR count). The summed E-state index contributed by atoms with van der Waals surface area (Å²) in [7, 11) is 0. The van der Waals surface area contributed by atoms with Crippen molar-refractivity contribution < 1.29 is 0 Å². The first-order chi connectivity index (χ1) is 4.77. The van der Waals surface area contributed by atoms with Crippen LogP contribution in [0.5, 0.6) is 0 Å². The second-order valence-corrected chi connectivity index (χ2v) is 2.33. The van der Waals surface area contributed by atoms with E-state index in [2.05, 4.69) is 15.1 Å². The summed E-state index contributed by atoms with van der Waals surface area (Å²) in [5.74, 6) is 0.917. The van der Waals surface area contributed by atoms with Crippen molar-refractivity contribution >= 4 is 5.65 Å².